The highest BCUT2D eigenvalue weighted by atomic mass is 19.3. The van der Waals surface area contributed by atoms with Crippen LogP contribution in [0.25, 0.3) is 11.0 Å². The van der Waals surface area contributed by atoms with Crippen LogP contribution in [-0.2, 0) is 29.2 Å². The molecule has 2 aromatic heterocycles. The molecule has 2 aromatic carbocycles. The number of rotatable bonds is 10. The summed E-state index contributed by atoms with van der Waals surface area (Å²) in [5, 5.41) is 0. The van der Waals surface area contributed by atoms with Crippen molar-refractivity contribution in [3.63, 3.8) is 0 Å². The lowest BCUT2D eigenvalue weighted by Gasteiger charge is -2.31. The number of benzene rings is 2. The number of carbonyl (C=O) groups is 1. The number of fused-ring (bicyclic) bond motifs is 2. The molecule has 0 bridgehead atoms. The van der Waals surface area contributed by atoms with Crippen molar-refractivity contribution in [1.82, 2.24) is 19.4 Å². The van der Waals surface area contributed by atoms with E-state index in [4.69, 9.17) is 24.2 Å². The number of halogens is 2. The maximum absolute atomic E-state index is 13.5. The third-order valence-electron chi connectivity index (χ3n) is 7.77. The lowest BCUT2D eigenvalue weighted by molar-refractivity contribution is -0.287. The van der Waals surface area contributed by atoms with Gasteiger partial charge in [-0.25, -0.2) is 14.8 Å². The largest absolute Gasteiger partial charge is 0.586 e. The SMILES string of the molecule is COCCn1c(CN2CCC(c3cccc(OCc4cccc5c4OC(F)(F)O5)n3)CC2)nc2ccc(C(=O)OC)cc21. The second-order valence-corrected chi connectivity index (χ2v) is 10.5. The van der Waals surface area contributed by atoms with Gasteiger partial charge in [0.1, 0.15) is 12.4 Å². The Hall–Kier alpha value is -4.29. The summed E-state index contributed by atoms with van der Waals surface area (Å²) >= 11 is 0. The molecule has 0 N–H and O–H groups in total. The first kappa shape index (κ1) is 28.8. The topological polar surface area (TPSA) is 97.2 Å². The van der Waals surface area contributed by atoms with E-state index in [1.807, 2.05) is 24.3 Å². The summed E-state index contributed by atoms with van der Waals surface area (Å²) in [7, 11) is 3.03. The summed E-state index contributed by atoms with van der Waals surface area (Å²) in [5.41, 5.74) is 3.57. The van der Waals surface area contributed by atoms with Gasteiger partial charge in [-0.3, -0.25) is 4.90 Å². The molecule has 0 unspecified atom stereocenters. The fourth-order valence-corrected chi connectivity index (χ4v) is 5.59. The third-order valence-corrected chi connectivity index (χ3v) is 7.77. The number of pyridine rings is 1. The smallest absolute Gasteiger partial charge is 0.473 e. The Bertz CT molecular complexity index is 1620. The van der Waals surface area contributed by atoms with E-state index in [-0.39, 0.29) is 30.0 Å². The van der Waals surface area contributed by atoms with Crippen LogP contribution < -0.4 is 14.2 Å². The van der Waals surface area contributed by atoms with E-state index in [1.54, 1.807) is 31.4 Å². The van der Waals surface area contributed by atoms with Gasteiger partial charge in [-0.15, -0.1) is 8.78 Å². The molecule has 1 fully saturated rings. The number of hydrogen-bond donors (Lipinski definition) is 0. The first-order chi connectivity index (χ1) is 20.8. The van der Waals surface area contributed by atoms with Crippen LogP contribution in [0.3, 0.4) is 0 Å². The molecule has 226 valence electrons. The number of hydrogen-bond acceptors (Lipinski definition) is 9. The molecule has 2 aliphatic heterocycles. The molecule has 1 saturated heterocycles. The van der Waals surface area contributed by atoms with E-state index in [9.17, 15) is 13.6 Å². The number of piperidine rings is 1. The number of nitrogens with zero attached hydrogens (tertiary/aromatic N) is 4. The second kappa shape index (κ2) is 12.1. The Balaban J connectivity index is 1.09. The number of esters is 1. The highest BCUT2D eigenvalue weighted by Gasteiger charge is 2.44. The molecule has 0 amide bonds. The molecule has 4 heterocycles. The monoisotopic (exact) mass is 594 g/mol. The van der Waals surface area contributed by atoms with E-state index in [0.717, 1.165) is 48.5 Å². The Labute approximate surface area is 247 Å². The summed E-state index contributed by atoms with van der Waals surface area (Å²) in [6, 6.07) is 15.8. The summed E-state index contributed by atoms with van der Waals surface area (Å²) in [6.07, 6.45) is -1.86. The van der Waals surface area contributed by atoms with E-state index in [0.29, 0.717) is 36.7 Å². The Morgan fingerprint density at radius 2 is 1.86 bits per heavy atom. The number of methoxy groups -OCH3 is 2. The van der Waals surface area contributed by atoms with Gasteiger partial charge < -0.3 is 28.3 Å². The summed E-state index contributed by atoms with van der Waals surface area (Å²) in [4.78, 5) is 24.1. The molecule has 0 atom stereocenters. The standard InChI is InChI=1S/C31H32F2N4O6/c1-39-16-15-37-25-17-21(30(38)40-2)9-10-24(25)34-27(37)18-36-13-11-20(12-14-36)23-6-4-8-28(35-23)41-19-22-5-3-7-26-29(22)43-31(32,33)42-26/h3-10,17,20H,11-16,18-19H2,1-2H3. The van der Waals surface area contributed by atoms with Crippen molar-refractivity contribution in [2.45, 2.75) is 44.8 Å². The molecule has 0 saturated carbocycles. The van der Waals surface area contributed by atoms with Crippen LogP contribution in [0.2, 0.25) is 0 Å². The fourth-order valence-electron chi connectivity index (χ4n) is 5.59. The number of alkyl halides is 2. The van der Waals surface area contributed by atoms with Gasteiger partial charge in [0.25, 0.3) is 0 Å². The second-order valence-electron chi connectivity index (χ2n) is 10.5. The summed E-state index contributed by atoms with van der Waals surface area (Å²) in [6.45, 7) is 3.55. The Morgan fingerprint density at radius 3 is 2.65 bits per heavy atom. The average Bonchev–Trinajstić information content (AvgIpc) is 3.53. The molecule has 6 rings (SSSR count). The van der Waals surface area contributed by atoms with Crippen molar-refractivity contribution in [2.75, 3.05) is 33.9 Å². The minimum Gasteiger partial charge on any atom is -0.473 e. The maximum Gasteiger partial charge on any atom is 0.586 e. The first-order valence-electron chi connectivity index (χ1n) is 14.1. The number of carbonyl (C=O) groups excluding carboxylic acids is 1. The van der Waals surface area contributed by atoms with Crippen LogP contribution >= 0.6 is 0 Å². The minimum atomic E-state index is -3.68. The van der Waals surface area contributed by atoms with Crippen LogP contribution in [-0.4, -0.2) is 65.6 Å². The zero-order valence-electron chi connectivity index (χ0n) is 23.9. The zero-order chi connectivity index (χ0) is 30.0. The predicted molar refractivity (Wildman–Crippen MR) is 151 cm³/mol. The lowest BCUT2D eigenvalue weighted by atomic mass is 9.93. The van der Waals surface area contributed by atoms with Crippen molar-refractivity contribution < 1.29 is 37.3 Å². The molecule has 43 heavy (non-hydrogen) atoms. The van der Waals surface area contributed by atoms with E-state index in [2.05, 4.69) is 18.9 Å². The van der Waals surface area contributed by atoms with Crippen molar-refractivity contribution >= 4 is 17.0 Å². The molecule has 12 heteroatoms. The highest BCUT2D eigenvalue weighted by molar-refractivity contribution is 5.93. The van der Waals surface area contributed by atoms with E-state index in [1.165, 1.54) is 13.2 Å². The van der Waals surface area contributed by atoms with Crippen LogP contribution in [0.15, 0.2) is 54.6 Å². The number of ether oxygens (including phenoxy) is 5. The van der Waals surface area contributed by atoms with Crippen LogP contribution in [0, 0.1) is 0 Å². The molecule has 0 aliphatic carbocycles. The molecule has 10 nitrogen and oxygen atoms in total. The average molecular weight is 595 g/mol. The number of para-hydroxylation sites is 1. The molecule has 4 aromatic rings. The zero-order valence-corrected chi connectivity index (χ0v) is 23.9. The minimum absolute atomic E-state index is 0.0141. The van der Waals surface area contributed by atoms with E-state index < -0.39 is 6.29 Å². The summed E-state index contributed by atoms with van der Waals surface area (Å²) in [5.74, 6) is 1.17. The highest BCUT2D eigenvalue weighted by Crippen LogP contribution is 2.43. The van der Waals surface area contributed by atoms with Gasteiger partial charge >= 0.3 is 12.3 Å². The lowest BCUT2D eigenvalue weighted by Crippen LogP contribution is -2.33. The summed E-state index contributed by atoms with van der Waals surface area (Å²) < 4.78 is 54.5. The third kappa shape index (κ3) is 6.25. The number of likely N-dealkylation sites (tertiary alicyclic amines) is 1. The van der Waals surface area contributed by atoms with Gasteiger partial charge in [-0.2, -0.15) is 0 Å². The predicted octanol–water partition coefficient (Wildman–Crippen LogP) is 5.14. The molecular formula is C31H32F2N4O6. The van der Waals surface area contributed by atoms with Gasteiger partial charge in [-0.1, -0.05) is 18.2 Å². The van der Waals surface area contributed by atoms with E-state index >= 15 is 0 Å². The van der Waals surface area contributed by atoms with Gasteiger partial charge in [0.15, 0.2) is 11.5 Å². The fraction of sp³-hybridized carbons (Fsp3) is 0.387. The maximum atomic E-state index is 13.5. The van der Waals surface area contributed by atoms with Crippen molar-refractivity contribution in [3.8, 4) is 17.4 Å². The quantitative estimate of drug-likeness (QED) is 0.231. The Kier molecular flexibility index (Phi) is 8.13. The molecular weight excluding hydrogens is 562 g/mol. The Morgan fingerprint density at radius 1 is 1.05 bits per heavy atom. The number of imidazole rings is 1. The van der Waals surface area contributed by atoms with Gasteiger partial charge in [0.2, 0.25) is 5.88 Å². The molecule has 0 spiro atoms. The van der Waals surface area contributed by atoms with Gasteiger partial charge in [0.05, 0.1) is 36.9 Å². The van der Waals surface area contributed by atoms with Crippen LogP contribution in [0.5, 0.6) is 17.4 Å². The first-order valence-corrected chi connectivity index (χ1v) is 14.1. The van der Waals surface area contributed by atoms with Crippen molar-refractivity contribution in [2.24, 2.45) is 0 Å². The molecule has 0 radical (unpaired) electrons. The normalized spacial score (nSPS) is 16.5. The van der Waals surface area contributed by atoms with Crippen molar-refractivity contribution in [3.05, 3.63) is 77.2 Å². The molecule has 2 aliphatic rings. The van der Waals surface area contributed by atoms with Crippen LogP contribution in [0.1, 0.15) is 46.2 Å². The number of aromatic nitrogens is 3. The van der Waals surface area contributed by atoms with Crippen molar-refractivity contribution in [1.29, 1.82) is 0 Å². The van der Waals surface area contributed by atoms with Crippen LogP contribution in [0.4, 0.5) is 8.78 Å². The van der Waals surface area contributed by atoms with Gasteiger partial charge in [0, 0.05) is 36.9 Å². The van der Waals surface area contributed by atoms with Gasteiger partial charge in [-0.05, 0) is 56.3 Å².